The number of carbonyl (C=O) groups excluding carboxylic acids is 1. The fraction of sp³-hybridized carbons (Fsp3) is 0.611. The van der Waals surface area contributed by atoms with Crippen molar-refractivity contribution in [2.75, 3.05) is 13.1 Å². The molecule has 1 aliphatic rings. The number of carbonyl (C=O) groups is 1. The summed E-state index contributed by atoms with van der Waals surface area (Å²) < 4.78 is 0. The lowest BCUT2D eigenvalue weighted by molar-refractivity contribution is -0.136. The van der Waals surface area contributed by atoms with Gasteiger partial charge in [0.05, 0.1) is 6.04 Å². The van der Waals surface area contributed by atoms with Crippen molar-refractivity contribution < 1.29 is 4.79 Å². The van der Waals surface area contributed by atoms with Crippen molar-refractivity contribution in [3.63, 3.8) is 0 Å². The molecular weight excluding hydrogens is 260 g/mol. The van der Waals surface area contributed by atoms with Crippen LogP contribution in [-0.4, -0.2) is 29.9 Å². The molecule has 0 aliphatic carbocycles. The van der Waals surface area contributed by atoms with E-state index < -0.39 is 6.04 Å². The molecule has 2 N–H and O–H groups in total. The van der Waals surface area contributed by atoms with Gasteiger partial charge >= 0.3 is 0 Å². The van der Waals surface area contributed by atoms with Gasteiger partial charge in [0.2, 0.25) is 5.91 Å². The third kappa shape index (κ3) is 3.65. The second-order valence-electron chi connectivity index (χ2n) is 7.41. The summed E-state index contributed by atoms with van der Waals surface area (Å²) in [5.74, 6) is 1.11. The number of hydrogen-bond donors (Lipinski definition) is 1. The van der Waals surface area contributed by atoms with Crippen molar-refractivity contribution in [2.24, 2.45) is 17.1 Å². The van der Waals surface area contributed by atoms with Crippen molar-refractivity contribution in [3.05, 3.63) is 35.9 Å². The number of likely N-dealkylation sites (tertiary alicyclic amines) is 1. The molecule has 1 aromatic carbocycles. The highest BCUT2D eigenvalue weighted by Crippen LogP contribution is 2.33. The zero-order valence-corrected chi connectivity index (χ0v) is 13.7. The molecule has 1 heterocycles. The Balaban J connectivity index is 2.03. The highest BCUT2D eigenvalue weighted by Gasteiger charge is 2.35. The maximum absolute atomic E-state index is 12.5. The number of piperidine rings is 1. The number of rotatable bonds is 2. The summed E-state index contributed by atoms with van der Waals surface area (Å²) in [6, 6.07) is 10.2. The van der Waals surface area contributed by atoms with Crippen LogP contribution in [0.3, 0.4) is 0 Å². The van der Waals surface area contributed by atoms with E-state index in [0.717, 1.165) is 19.5 Å². The van der Waals surface area contributed by atoms with Crippen LogP contribution in [0, 0.1) is 11.3 Å². The monoisotopic (exact) mass is 288 g/mol. The van der Waals surface area contributed by atoms with Crippen LogP contribution in [-0.2, 0) is 4.79 Å². The Morgan fingerprint density at radius 2 is 1.90 bits per heavy atom. The van der Waals surface area contributed by atoms with Crippen LogP contribution in [0.5, 0.6) is 0 Å². The van der Waals surface area contributed by atoms with Crippen LogP contribution in [0.1, 0.15) is 45.6 Å². The minimum Gasteiger partial charge on any atom is -0.341 e. The van der Waals surface area contributed by atoms with Crippen LogP contribution in [0.4, 0.5) is 0 Å². The smallest absolute Gasteiger partial charge is 0.240 e. The van der Waals surface area contributed by atoms with Gasteiger partial charge in [0.25, 0.3) is 0 Å². The quantitative estimate of drug-likeness (QED) is 0.909. The first-order chi connectivity index (χ1) is 9.80. The van der Waals surface area contributed by atoms with Gasteiger partial charge in [0.1, 0.15) is 0 Å². The predicted molar refractivity (Wildman–Crippen MR) is 87.0 cm³/mol. The van der Waals surface area contributed by atoms with E-state index in [4.69, 9.17) is 5.73 Å². The Morgan fingerprint density at radius 3 is 2.43 bits per heavy atom. The summed E-state index contributed by atoms with van der Waals surface area (Å²) in [5.41, 5.74) is 7.33. The lowest BCUT2D eigenvalue weighted by atomic mass is 9.80. The van der Waals surface area contributed by atoms with Gasteiger partial charge in [-0.15, -0.1) is 0 Å². The molecular formula is C18H28N2O. The molecule has 1 aromatic rings. The second-order valence-corrected chi connectivity index (χ2v) is 7.41. The zero-order chi connectivity index (χ0) is 15.6. The predicted octanol–water partition coefficient (Wildman–Crippen LogP) is 3.01. The SMILES string of the molecule is CC1CN(C(=O)[C@@H](N)C(C)(C)C)CCC1c1ccccc1. The van der Waals surface area contributed by atoms with Gasteiger partial charge in [-0.1, -0.05) is 58.0 Å². The summed E-state index contributed by atoms with van der Waals surface area (Å²) >= 11 is 0. The number of nitrogens with zero attached hydrogens (tertiary/aromatic N) is 1. The van der Waals surface area contributed by atoms with Gasteiger partial charge in [0, 0.05) is 13.1 Å². The fourth-order valence-electron chi connectivity index (χ4n) is 3.11. The maximum Gasteiger partial charge on any atom is 0.240 e. The van der Waals surface area contributed by atoms with Crippen LogP contribution in [0.15, 0.2) is 30.3 Å². The van der Waals surface area contributed by atoms with Crippen molar-refractivity contribution in [3.8, 4) is 0 Å². The first-order valence-corrected chi connectivity index (χ1v) is 7.90. The van der Waals surface area contributed by atoms with Crippen molar-refractivity contribution >= 4 is 5.91 Å². The van der Waals surface area contributed by atoms with Gasteiger partial charge in [0.15, 0.2) is 0 Å². The van der Waals surface area contributed by atoms with Crippen LogP contribution in [0.2, 0.25) is 0 Å². The second kappa shape index (κ2) is 6.18. The Bertz CT molecular complexity index is 478. The first-order valence-electron chi connectivity index (χ1n) is 7.90. The van der Waals surface area contributed by atoms with Crippen LogP contribution < -0.4 is 5.73 Å². The highest BCUT2D eigenvalue weighted by atomic mass is 16.2. The third-order valence-corrected chi connectivity index (χ3v) is 4.64. The first kappa shape index (κ1) is 16.0. The summed E-state index contributed by atoms with van der Waals surface area (Å²) in [7, 11) is 0. The molecule has 2 unspecified atom stereocenters. The van der Waals surface area contributed by atoms with E-state index in [9.17, 15) is 4.79 Å². The van der Waals surface area contributed by atoms with E-state index in [1.807, 2.05) is 25.7 Å². The van der Waals surface area contributed by atoms with Gasteiger partial charge in [-0.2, -0.15) is 0 Å². The van der Waals surface area contributed by atoms with Crippen molar-refractivity contribution in [2.45, 2.75) is 46.1 Å². The molecule has 0 bridgehead atoms. The van der Waals surface area contributed by atoms with E-state index in [0.29, 0.717) is 11.8 Å². The molecule has 1 saturated heterocycles. The molecule has 1 aliphatic heterocycles. The van der Waals surface area contributed by atoms with Crippen LogP contribution in [0.25, 0.3) is 0 Å². The summed E-state index contributed by atoms with van der Waals surface area (Å²) in [4.78, 5) is 14.5. The molecule has 21 heavy (non-hydrogen) atoms. The van der Waals surface area contributed by atoms with E-state index in [1.165, 1.54) is 5.56 Å². The Hall–Kier alpha value is -1.35. The average molecular weight is 288 g/mol. The summed E-state index contributed by atoms with van der Waals surface area (Å²) in [5, 5.41) is 0. The molecule has 3 heteroatoms. The molecule has 0 saturated carbocycles. The number of amides is 1. The minimum absolute atomic E-state index is 0.0980. The van der Waals surface area contributed by atoms with Crippen molar-refractivity contribution in [1.82, 2.24) is 4.90 Å². The van der Waals surface area contributed by atoms with Crippen LogP contribution >= 0.6 is 0 Å². The zero-order valence-electron chi connectivity index (χ0n) is 13.7. The fourth-order valence-corrected chi connectivity index (χ4v) is 3.11. The molecule has 3 atom stereocenters. The van der Waals surface area contributed by atoms with Crippen molar-refractivity contribution in [1.29, 1.82) is 0 Å². The lowest BCUT2D eigenvalue weighted by Crippen LogP contribution is -2.53. The molecule has 3 nitrogen and oxygen atoms in total. The molecule has 0 radical (unpaired) electrons. The van der Waals surface area contributed by atoms with E-state index in [2.05, 4.69) is 37.3 Å². The Labute approximate surface area is 128 Å². The highest BCUT2D eigenvalue weighted by molar-refractivity contribution is 5.82. The van der Waals surface area contributed by atoms with E-state index >= 15 is 0 Å². The van der Waals surface area contributed by atoms with E-state index in [1.54, 1.807) is 0 Å². The molecule has 1 amide bonds. The minimum atomic E-state index is -0.419. The third-order valence-electron chi connectivity index (χ3n) is 4.64. The van der Waals surface area contributed by atoms with E-state index in [-0.39, 0.29) is 11.3 Å². The van der Waals surface area contributed by atoms with Gasteiger partial charge in [-0.25, -0.2) is 0 Å². The maximum atomic E-state index is 12.5. The average Bonchev–Trinajstić information content (AvgIpc) is 2.45. The summed E-state index contributed by atoms with van der Waals surface area (Å²) in [6.07, 6.45) is 1.02. The van der Waals surface area contributed by atoms with Gasteiger partial charge < -0.3 is 10.6 Å². The standard InChI is InChI=1S/C18H28N2O/c1-13-12-20(17(21)16(19)18(2,3)4)11-10-15(13)14-8-6-5-7-9-14/h5-9,13,15-16H,10-12,19H2,1-4H3/t13?,15?,16-/m1/s1. The topological polar surface area (TPSA) is 46.3 Å². The molecule has 1 fully saturated rings. The normalized spacial score (nSPS) is 24.7. The summed E-state index contributed by atoms with van der Waals surface area (Å²) in [6.45, 7) is 9.93. The Kier molecular flexibility index (Phi) is 4.72. The number of nitrogens with two attached hydrogens (primary N) is 1. The molecule has 0 aromatic heterocycles. The molecule has 116 valence electrons. The molecule has 2 rings (SSSR count). The molecule has 0 spiro atoms. The number of benzene rings is 1. The van der Waals surface area contributed by atoms with Gasteiger partial charge in [-0.05, 0) is 29.2 Å². The lowest BCUT2D eigenvalue weighted by Gasteiger charge is -2.40. The largest absolute Gasteiger partial charge is 0.341 e. The van der Waals surface area contributed by atoms with Gasteiger partial charge in [-0.3, -0.25) is 4.79 Å². The number of hydrogen-bond acceptors (Lipinski definition) is 2. The Morgan fingerprint density at radius 1 is 1.29 bits per heavy atom.